The van der Waals surface area contributed by atoms with Gasteiger partial charge >= 0.3 is 0 Å². The van der Waals surface area contributed by atoms with E-state index in [2.05, 4.69) is 15.4 Å². The summed E-state index contributed by atoms with van der Waals surface area (Å²) in [7, 11) is 0. The highest BCUT2D eigenvalue weighted by Gasteiger charge is 2.19. The van der Waals surface area contributed by atoms with Crippen molar-refractivity contribution in [1.82, 2.24) is 14.8 Å². The number of hydrogen-bond acceptors (Lipinski definition) is 3. The summed E-state index contributed by atoms with van der Waals surface area (Å²) in [5.41, 5.74) is 2.19. The number of halogens is 2. The number of hydrogen-bond donors (Lipinski definition) is 1. The van der Waals surface area contributed by atoms with Crippen molar-refractivity contribution in [3.05, 3.63) is 94.7 Å². The molecule has 0 atom stereocenters. The highest BCUT2D eigenvalue weighted by atomic mass is 35.5. The van der Waals surface area contributed by atoms with Crippen LogP contribution in [-0.2, 0) is 0 Å². The van der Waals surface area contributed by atoms with E-state index in [1.54, 1.807) is 41.1 Å². The zero-order valence-corrected chi connectivity index (χ0v) is 16.0. The van der Waals surface area contributed by atoms with Gasteiger partial charge in [-0.25, -0.2) is 9.67 Å². The highest BCUT2D eigenvalue weighted by molar-refractivity contribution is 6.30. The first-order chi connectivity index (χ1) is 13.6. The second-order valence-electron chi connectivity index (χ2n) is 5.97. The Morgan fingerprint density at radius 1 is 0.821 bits per heavy atom. The Balaban J connectivity index is 1.76. The van der Waals surface area contributed by atoms with Gasteiger partial charge in [0.2, 0.25) is 5.82 Å². The van der Waals surface area contributed by atoms with E-state index in [9.17, 15) is 4.79 Å². The molecule has 0 aliphatic rings. The second-order valence-corrected chi connectivity index (χ2v) is 6.85. The van der Waals surface area contributed by atoms with Crippen molar-refractivity contribution in [2.45, 2.75) is 0 Å². The predicted molar refractivity (Wildman–Crippen MR) is 111 cm³/mol. The number of rotatable bonds is 4. The van der Waals surface area contributed by atoms with Crippen LogP contribution < -0.4 is 5.32 Å². The number of anilines is 1. The molecular formula is C21H14Cl2N4O. The molecule has 0 spiro atoms. The maximum Gasteiger partial charge on any atom is 0.295 e. The Labute approximate surface area is 171 Å². The lowest BCUT2D eigenvalue weighted by molar-refractivity contribution is 0.101. The van der Waals surface area contributed by atoms with Crippen molar-refractivity contribution in [1.29, 1.82) is 0 Å². The number of amides is 1. The third kappa shape index (κ3) is 3.91. The summed E-state index contributed by atoms with van der Waals surface area (Å²) >= 11 is 12.0. The van der Waals surface area contributed by atoms with Gasteiger partial charge in [-0.1, -0.05) is 41.4 Å². The van der Waals surface area contributed by atoms with Crippen molar-refractivity contribution >= 4 is 34.8 Å². The van der Waals surface area contributed by atoms with E-state index in [0.29, 0.717) is 21.6 Å². The van der Waals surface area contributed by atoms with Crippen molar-refractivity contribution in [2.24, 2.45) is 0 Å². The molecular weight excluding hydrogens is 395 g/mol. The molecule has 1 N–H and O–H groups in total. The van der Waals surface area contributed by atoms with Gasteiger partial charge < -0.3 is 5.32 Å². The lowest BCUT2D eigenvalue weighted by Gasteiger charge is -2.06. The molecule has 0 saturated heterocycles. The van der Waals surface area contributed by atoms with Gasteiger partial charge in [-0.3, -0.25) is 4.79 Å². The van der Waals surface area contributed by atoms with Gasteiger partial charge in [0.1, 0.15) is 0 Å². The van der Waals surface area contributed by atoms with E-state index in [1.165, 1.54) is 0 Å². The van der Waals surface area contributed by atoms with Crippen LogP contribution in [0.15, 0.2) is 78.9 Å². The first kappa shape index (κ1) is 18.2. The topological polar surface area (TPSA) is 59.8 Å². The molecule has 0 unspecified atom stereocenters. The molecule has 1 amide bonds. The summed E-state index contributed by atoms with van der Waals surface area (Å²) in [6.45, 7) is 0. The summed E-state index contributed by atoms with van der Waals surface area (Å²) in [6, 6.07) is 23.5. The average molecular weight is 409 g/mol. The van der Waals surface area contributed by atoms with Crippen LogP contribution >= 0.6 is 23.2 Å². The fourth-order valence-electron chi connectivity index (χ4n) is 2.66. The van der Waals surface area contributed by atoms with Crippen LogP contribution in [0.1, 0.15) is 10.6 Å². The fourth-order valence-corrected chi connectivity index (χ4v) is 2.92. The molecule has 138 valence electrons. The number of benzene rings is 3. The second kappa shape index (κ2) is 7.84. The maximum absolute atomic E-state index is 12.7. The molecule has 0 radical (unpaired) electrons. The van der Waals surface area contributed by atoms with Gasteiger partial charge in [-0.2, -0.15) is 0 Å². The highest BCUT2D eigenvalue weighted by Crippen LogP contribution is 2.24. The SMILES string of the molecule is O=C(Nc1ccccc1)c1nc(-c2ccc(Cl)cc2)n(-c2ccc(Cl)cc2)n1. The van der Waals surface area contributed by atoms with Crippen molar-refractivity contribution in [3.8, 4) is 17.1 Å². The van der Waals surface area contributed by atoms with Gasteiger partial charge in [0, 0.05) is 21.3 Å². The number of carbonyl (C=O) groups excluding carboxylic acids is 1. The lowest BCUT2D eigenvalue weighted by atomic mass is 10.2. The summed E-state index contributed by atoms with van der Waals surface area (Å²) in [5.74, 6) is 0.190. The van der Waals surface area contributed by atoms with Gasteiger partial charge in [-0.15, -0.1) is 5.10 Å². The Hall–Kier alpha value is -3.15. The van der Waals surface area contributed by atoms with Crippen LogP contribution in [0.4, 0.5) is 5.69 Å². The molecule has 28 heavy (non-hydrogen) atoms. The van der Waals surface area contributed by atoms with Gasteiger partial charge in [0.05, 0.1) is 5.69 Å². The zero-order valence-electron chi connectivity index (χ0n) is 14.5. The molecule has 0 aliphatic heterocycles. The minimum Gasteiger partial charge on any atom is -0.319 e. The molecule has 0 fully saturated rings. The molecule has 0 bridgehead atoms. The van der Waals surface area contributed by atoms with Gasteiger partial charge in [0.25, 0.3) is 5.91 Å². The Bertz CT molecular complexity index is 1040. The monoisotopic (exact) mass is 408 g/mol. The predicted octanol–water partition coefficient (Wildman–Crippen LogP) is 5.49. The lowest BCUT2D eigenvalue weighted by Crippen LogP contribution is -2.14. The largest absolute Gasteiger partial charge is 0.319 e. The van der Waals surface area contributed by atoms with Crippen molar-refractivity contribution < 1.29 is 4.79 Å². The number of nitrogens with one attached hydrogen (secondary N) is 1. The van der Waals surface area contributed by atoms with Crippen LogP contribution in [0, 0.1) is 0 Å². The van der Waals surface area contributed by atoms with E-state index < -0.39 is 5.91 Å². The molecule has 0 saturated carbocycles. The van der Waals surface area contributed by atoms with Gasteiger partial charge in [-0.05, 0) is 60.7 Å². The van der Waals surface area contributed by atoms with Crippen LogP contribution in [0.3, 0.4) is 0 Å². The number of carbonyl (C=O) groups is 1. The first-order valence-electron chi connectivity index (χ1n) is 8.45. The van der Waals surface area contributed by atoms with Crippen molar-refractivity contribution in [3.63, 3.8) is 0 Å². The Morgan fingerprint density at radius 3 is 2.07 bits per heavy atom. The summed E-state index contributed by atoms with van der Waals surface area (Å²) in [5, 5.41) is 8.45. The van der Waals surface area contributed by atoms with E-state index in [4.69, 9.17) is 23.2 Å². The molecule has 7 heteroatoms. The summed E-state index contributed by atoms with van der Waals surface area (Å²) in [4.78, 5) is 17.1. The molecule has 3 aromatic carbocycles. The van der Waals surface area contributed by atoms with E-state index in [0.717, 1.165) is 11.3 Å². The van der Waals surface area contributed by atoms with Crippen LogP contribution in [0.5, 0.6) is 0 Å². The van der Waals surface area contributed by atoms with E-state index >= 15 is 0 Å². The third-order valence-electron chi connectivity index (χ3n) is 4.02. The third-order valence-corrected chi connectivity index (χ3v) is 4.52. The van der Waals surface area contributed by atoms with Crippen LogP contribution in [-0.4, -0.2) is 20.7 Å². The minimum atomic E-state index is -0.394. The molecule has 1 aromatic heterocycles. The van der Waals surface area contributed by atoms with Crippen molar-refractivity contribution in [2.75, 3.05) is 5.32 Å². The summed E-state index contributed by atoms with van der Waals surface area (Å²) in [6.07, 6.45) is 0. The molecule has 4 aromatic rings. The Kier molecular flexibility index (Phi) is 5.10. The first-order valence-corrected chi connectivity index (χ1v) is 9.21. The smallest absolute Gasteiger partial charge is 0.295 e. The summed E-state index contributed by atoms with van der Waals surface area (Å²) < 4.78 is 1.61. The fraction of sp³-hybridized carbons (Fsp3) is 0. The van der Waals surface area contributed by atoms with Crippen LogP contribution in [0.2, 0.25) is 10.0 Å². The molecule has 4 rings (SSSR count). The van der Waals surface area contributed by atoms with Gasteiger partial charge in [0.15, 0.2) is 5.82 Å². The quantitative estimate of drug-likeness (QED) is 0.485. The van der Waals surface area contributed by atoms with Crippen LogP contribution in [0.25, 0.3) is 17.1 Å². The molecule has 5 nitrogen and oxygen atoms in total. The number of para-hydroxylation sites is 1. The minimum absolute atomic E-state index is 0.0590. The zero-order chi connectivity index (χ0) is 19.5. The molecule has 1 heterocycles. The Morgan fingerprint density at radius 2 is 1.43 bits per heavy atom. The number of aromatic nitrogens is 3. The standard InChI is InChI=1S/C21H14Cl2N4O/c22-15-8-6-14(7-9-15)20-25-19(21(28)24-17-4-2-1-3-5-17)26-27(20)18-12-10-16(23)11-13-18/h1-13H,(H,24,28). The molecule has 0 aliphatic carbocycles. The van der Waals surface area contributed by atoms with E-state index in [1.807, 2.05) is 42.5 Å². The normalized spacial score (nSPS) is 10.6. The maximum atomic E-state index is 12.7. The van der Waals surface area contributed by atoms with E-state index in [-0.39, 0.29) is 5.82 Å². The number of nitrogens with zero attached hydrogens (tertiary/aromatic N) is 3. The average Bonchev–Trinajstić information content (AvgIpc) is 3.15.